The third-order valence-corrected chi connectivity index (χ3v) is 8.18. The minimum absolute atomic E-state index is 0. The Morgan fingerprint density at radius 2 is 0.836 bits per heavy atom. The lowest BCUT2D eigenvalue weighted by molar-refractivity contribution is -0.165. The average molecular weight is 970 g/mol. The first-order valence-electron chi connectivity index (χ1n) is 18.5. The molecule has 0 aliphatic heterocycles. The van der Waals surface area contributed by atoms with E-state index in [4.69, 9.17) is 24.4 Å². The van der Waals surface area contributed by atoms with Crippen molar-refractivity contribution in [1.82, 2.24) is 0 Å². The van der Waals surface area contributed by atoms with E-state index in [0.29, 0.717) is 24.2 Å². The van der Waals surface area contributed by atoms with E-state index in [1.807, 2.05) is 67.6 Å². The number of hydrogen-bond acceptors (Lipinski definition) is 11. The van der Waals surface area contributed by atoms with Gasteiger partial charge in [-0.2, -0.15) is 0 Å². The first-order valence-corrected chi connectivity index (χ1v) is 18.5. The Morgan fingerprint density at radius 1 is 0.507 bits per heavy atom. The summed E-state index contributed by atoms with van der Waals surface area (Å²) in [5.74, 6) is -4.54. The Hall–Kier alpha value is -5.88. The molecule has 2 atom stereocenters. The predicted molar refractivity (Wildman–Crippen MR) is 278 cm³/mol. The van der Waals surface area contributed by atoms with Crippen molar-refractivity contribution in [3.05, 3.63) is 120 Å². The summed E-state index contributed by atoms with van der Waals surface area (Å²) in [4.78, 5) is 77.4. The van der Waals surface area contributed by atoms with Crippen LogP contribution in [-0.2, 0) is 65.7 Å². The van der Waals surface area contributed by atoms with Crippen molar-refractivity contribution in [2.75, 3.05) is 14.2 Å². The van der Waals surface area contributed by atoms with E-state index in [9.17, 15) is 38.7 Å². The molecule has 0 saturated carbocycles. The zero-order valence-corrected chi connectivity index (χ0v) is 38.7. The van der Waals surface area contributed by atoms with Gasteiger partial charge < -0.3 is 44.2 Å². The molecule has 0 aliphatic rings. The largest absolute Gasteiger partial charge is 0.577 e. The zero-order valence-electron chi connectivity index (χ0n) is 37.5. The van der Waals surface area contributed by atoms with Crippen molar-refractivity contribution in [3.8, 4) is 0 Å². The Labute approximate surface area is 408 Å². The molecule has 0 fully saturated rings. The van der Waals surface area contributed by atoms with Crippen molar-refractivity contribution in [1.29, 1.82) is 0 Å². The molecule has 388 valence electrons. The molecule has 2 unspecified atom stereocenters. The van der Waals surface area contributed by atoms with Crippen molar-refractivity contribution in [2.45, 2.75) is 139 Å². The highest BCUT2D eigenvalue weighted by Crippen LogP contribution is 2.45. The summed E-state index contributed by atoms with van der Waals surface area (Å²) in [7, 11) is 2.61. The number of ether oxygens (including phenoxy) is 4. The zero-order chi connectivity index (χ0) is 47.4. The Balaban J connectivity index is -0.0000000871. The van der Waals surface area contributed by atoms with Gasteiger partial charge in [0.1, 0.15) is 13.2 Å². The summed E-state index contributed by atoms with van der Waals surface area (Å²) in [6, 6.07) is 18.9. The maximum Gasteiger partial charge on any atom is 0.333 e. The average Bonchev–Trinajstić information content (AvgIpc) is 3.19. The SMILES string of the molecule is C.C.C.C.C.C.C=C(C)C(=O)O.C=C(C)C(=O)O.C=C(C)C(=O)OC.C=C(C)C(=O)OCc1ccccc1.CCC(C)(CC(C)(CC(C)(C)C(=O)OC)C(=O)O)C(=O)OCc1ccccc1.[PH2-]. The highest BCUT2D eigenvalue weighted by atomic mass is 31.0. The molecule has 0 aromatic heterocycles. The van der Waals surface area contributed by atoms with Crippen LogP contribution in [0.5, 0.6) is 0 Å². The number of carboxylic acid groups (broad SMARTS) is 3. The van der Waals surface area contributed by atoms with Gasteiger partial charge in [-0.3, -0.25) is 14.4 Å². The summed E-state index contributed by atoms with van der Waals surface area (Å²) in [6.07, 6.45) is 0.519. The molecule has 2 aromatic rings. The fourth-order valence-corrected chi connectivity index (χ4v) is 4.66. The normalized spacial score (nSPS) is 10.6. The molecule has 0 saturated heterocycles. The van der Waals surface area contributed by atoms with Gasteiger partial charge in [0.2, 0.25) is 0 Å². The molecule has 67 heavy (non-hydrogen) atoms. The first-order chi connectivity index (χ1) is 27.6. The third-order valence-electron chi connectivity index (χ3n) is 8.18. The minimum atomic E-state index is -1.30. The second kappa shape index (κ2) is 42.7. The van der Waals surface area contributed by atoms with Gasteiger partial charge in [-0.1, -0.05) is 138 Å². The maximum absolute atomic E-state index is 12.8. The molecule has 15 heteroatoms. The van der Waals surface area contributed by atoms with Crippen LogP contribution < -0.4 is 0 Å². The summed E-state index contributed by atoms with van der Waals surface area (Å²) < 4.78 is 19.5. The van der Waals surface area contributed by atoms with Crippen molar-refractivity contribution < 1.29 is 67.8 Å². The summed E-state index contributed by atoms with van der Waals surface area (Å²) in [5, 5.41) is 25.7. The molecule has 3 N–H and O–H groups in total. The number of esters is 4. The summed E-state index contributed by atoms with van der Waals surface area (Å²) in [5.41, 5.74) is -0.227. The van der Waals surface area contributed by atoms with Gasteiger partial charge in [-0.15, -0.1) is 0 Å². The van der Waals surface area contributed by atoms with Crippen LogP contribution in [-0.4, -0.2) is 71.3 Å². The Kier molecular flexibility index (Phi) is 53.9. The first kappa shape index (κ1) is 84.5. The van der Waals surface area contributed by atoms with Crippen molar-refractivity contribution >= 4 is 51.7 Å². The fourth-order valence-electron chi connectivity index (χ4n) is 4.66. The molecule has 0 heterocycles. The lowest BCUT2D eigenvalue weighted by atomic mass is 9.65. The van der Waals surface area contributed by atoms with Crippen LogP contribution in [0.2, 0.25) is 0 Å². The molecule has 2 aromatic carbocycles. The number of benzene rings is 2. The summed E-state index contributed by atoms with van der Waals surface area (Å²) in [6.45, 7) is 28.1. The van der Waals surface area contributed by atoms with Gasteiger partial charge in [-0.25, -0.2) is 19.2 Å². The van der Waals surface area contributed by atoms with Crippen LogP contribution in [0.4, 0.5) is 0 Å². The molecule has 0 aliphatic carbocycles. The second-order valence-electron chi connectivity index (χ2n) is 14.9. The van der Waals surface area contributed by atoms with Gasteiger partial charge in [-0.05, 0) is 85.8 Å². The van der Waals surface area contributed by atoms with E-state index in [2.05, 4.69) is 31.1 Å². The monoisotopic (exact) mass is 970 g/mol. The van der Waals surface area contributed by atoms with Crippen LogP contribution in [0, 0.1) is 16.2 Å². The quantitative estimate of drug-likeness (QED) is 0.0617. The molecule has 0 amide bonds. The van der Waals surface area contributed by atoms with E-state index in [1.165, 1.54) is 28.1 Å². The molecular formula is C52H90O14P-. The predicted octanol–water partition coefficient (Wildman–Crippen LogP) is 12.7. The van der Waals surface area contributed by atoms with Gasteiger partial charge in [0.05, 0.1) is 30.5 Å². The van der Waals surface area contributed by atoms with Crippen LogP contribution >= 0.6 is 9.90 Å². The highest BCUT2D eigenvalue weighted by molar-refractivity contribution is 6.92. The van der Waals surface area contributed by atoms with Gasteiger partial charge in [0.15, 0.2) is 0 Å². The van der Waals surface area contributed by atoms with Crippen LogP contribution in [0.15, 0.2) is 109 Å². The van der Waals surface area contributed by atoms with Crippen LogP contribution in [0.1, 0.15) is 137 Å². The number of methoxy groups -OCH3 is 2. The van der Waals surface area contributed by atoms with Gasteiger partial charge >= 0.3 is 41.8 Å². The van der Waals surface area contributed by atoms with E-state index >= 15 is 0 Å². The number of rotatable bonds is 16. The topological polar surface area (TPSA) is 217 Å². The second-order valence-corrected chi connectivity index (χ2v) is 14.9. The number of carbonyl (C=O) groups excluding carboxylic acids is 4. The number of aliphatic carboxylic acids is 3. The van der Waals surface area contributed by atoms with Crippen LogP contribution in [0.25, 0.3) is 0 Å². The van der Waals surface area contributed by atoms with E-state index in [1.54, 1.807) is 41.5 Å². The molecule has 0 radical (unpaired) electrons. The smallest absolute Gasteiger partial charge is 0.333 e. The Morgan fingerprint density at radius 3 is 1.07 bits per heavy atom. The maximum atomic E-state index is 12.8. The molecule has 0 spiro atoms. The minimum Gasteiger partial charge on any atom is -0.577 e. The lowest BCUT2D eigenvalue weighted by Crippen LogP contribution is -2.43. The molecule has 0 bridgehead atoms. The molecule has 14 nitrogen and oxygen atoms in total. The number of carboxylic acids is 3. The van der Waals surface area contributed by atoms with E-state index < -0.39 is 46.1 Å². The number of carbonyl (C=O) groups is 7. The standard InChI is InChI=1S/C22H32O6.C11H12O2.C5H8O2.2C4H6O2.6CH4.H2P/c1-7-21(4,19(26)28-13-16-11-9-8-10-12-16)15-22(5,17(23)24)14-20(2,3)18(25)27-6;1-9(2)11(12)13-8-10-6-4-3-5-7-10;1-4(2)5(6)7-3;2*1-3(2)4(5)6;;;;;;;/h8-12H,7,13-15H2,1-6H3,(H,23,24);3-7H,1,8H2,2H3;1H2,2-3H3;2*1H2,2H3,(H,5,6);6*1H4;1H2/q;;;;;;;;;;;-1. The molecular weight excluding hydrogens is 880 g/mol. The van der Waals surface area contributed by atoms with Gasteiger partial charge in [0.25, 0.3) is 0 Å². The van der Waals surface area contributed by atoms with E-state index in [-0.39, 0.29) is 97.0 Å². The third kappa shape index (κ3) is 38.0. The van der Waals surface area contributed by atoms with Crippen molar-refractivity contribution in [2.24, 2.45) is 16.2 Å². The fraction of sp³-hybridized carbons (Fsp3) is 0.481. The number of hydrogen-bond donors (Lipinski definition) is 3. The van der Waals surface area contributed by atoms with Crippen LogP contribution in [0.3, 0.4) is 0 Å². The molecule has 2 rings (SSSR count). The van der Waals surface area contributed by atoms with E-state index in [0.717, 1.165) is 11.1 Å². The lowest BCUT2D eigenvalue weighted by Gasteiger charge is -2.38. The summed E-state index contributed by atoms with van der Waals surface area (Å²) >= 11 is 0. The Bertz CT molecular complexity index is 1740. The van der Waals surface area contributed by atoms with Crippen molar-refractivity contribution in [3.63, 3.8) is 0 Å². The van der Waals surface area contributed by atoms with Gasteiger partial charge in [0, 0.05) is 22.3 Å². The highest BCUT2D eigenvalue weighted by Gasteiger charge is 2.49.